The number of aromatic nitrogens is 2. The molecule has 1 aromatic heterocycles. The first-order valence-corrected chi connectivity index (χ1v) is 7.96. The molecule has 0 bridgehead atoms. The van der Waals surface area contributed by atoms with Crippen LogP contribution >= 0.6 is 0 Å². The van der Waals surface area contributed by atoms with Crippen LogP contribution < -0.4 is 16.0 Å². The van der Waals surface area contributed by atoms with Crippen LogP contribution in [0.4, 0.5) is 17.5 Å². The van der Waals surface area contributed by atoms with Crippen molar-refractivity contribution in [2.45, 2.75) is 6.92 Å². The predicted octanol–water partition coefficient (Wildman–Crippen LogP) is 4.08. The van der Waals surface area contributed by atoms with Crippen LogP contribution in [0.1, 0.15) is 6.92 Å². The summed E-state index contributed by atoms with van der Waals surface area (Å²) in [6.07, 6.45) is 15.3. The molecule has 2 heterocycles. The van der Waals surface area contributed by atoms with Crippen molar-refractivity contribution in [2.75, 3.05) is 16.0 Å². The third-order valence-corrected chi connectivity index (χ3v) is 3.33. The van der Waals surface area contributed by atoms with Gasteiger partial charge < -0.3 is 16.0 Å². The van der Waals surface area contributed by atoms with E-state index >= 15 is 0 Å². The molecule has 2 rings (SSSR count). The highest BCUT2D eigenvalue weighted by atomic mass is 16.1. The Kier molecular flexibility index (Phi) is 6.45. The molecule has 6 heteroatoms. The Morgan fingerprint density at radius 2 is 2.04 bits per heavy atom. The predicted molar refractivity (Wildman–Crippen MR) is 108 cm³/mol. The van der Waals surface area contributed by atoms with Gasteiger partial charge in [0.25, 0.3) is 5.91 Å². The molecule has 0 saturated carbocycles. The van der Waals surface area contributed by atoms with Gasteiger partial charge in [-0.05, 0) is 25.2 Å². The molecule has 132 valence electrons. The van der Waals surface area contributed by atoms with Crippen LogP contribution in [0, 0.1) is 0 Å². The van der Waals surface area contributed by atoms with Crippen molar-refractivity contribution in [1.29, 1.82) is 0 Å². The van der Waals surface area contributed by atoms with Gasteiger partial charge in [0.2, 0.25) is 5.95 Å². The summed E-state index contributed by atoms with van der Waals surface area (Å²) in [7, 11) is 0. The standard InChI is InChI=1S/C20H21N5O/c1-5-9-12-14(10-6-2)22-20-21-13-17-18(25-20)23-16(8-4)15(11-7-3)19(26)24-17/h5-13H,1-2,4H2,3H3,(H,24,26)(H2,21,22,23,25)/b11-7-,12-9-,14-10+. The molecular weight excluding hydrogens is 326 g/mol. The summed E-state index contributed by atoms with van der Waals surface area (Å²) < 4.78 is 0. The first-order valence-electron chi connectivity index (χ1n) is 7.96. The number of nitrogens with one attached hydrogen (secondary N) is 3. The fourth-order valence-corrected chi connectivity index (χ4v) is 2.20. The summed E-state index contributed by atoms with van der Waals surface area (Å²) in [5.74, 6) is 0.579. The van der Waals surface area contributed by atoms with Gasteiger partial charge in [-0.15, -0.1) is 0 Å². The minimum absolute atomic E-state index is 0.255. The fraction of sp³-hybridized carbons (Fsp3) is 0.0500. The molecule has 1 aliphatic heterocycles. The molecule has 0 atom stereocenters. The summed E-state index contributed by atoms with van der Waals surface area (Å²) in [5, 5.41) is 9.01. The Bertz CT molecular complexity index is 859. The lowest BCUT2D eigenvalue weighted by atomic mass is 10.1. The quantitative estimate of drug-likeness (QED) is 0.648. The minimum atomic E-state index is -0.255. The van der Waals surface area contributed by atoms with E-state index in [2.05, 4.69) is 45.7 Å². The Morgan fingerprint density at radius 3 is 2.69 bits per heavy atom. The Labute approximate surface area is 153 Å². The summed E-state index contributed by atoms with van der Waals surface area (Å²) >= 11 is 0. The third-order valence-electron chi connectivity index (χ3n) is 3.33. The van der Waals surface area contributed by atoms with Crippen molar-refractivity contribution < 1.29 is 4.79 Å². The van der Waals surface area contributed by atoms with Crippen molar-refractivity contribution in [2.24, 2.45) is 0 Å². The largest absolute Gasteiger partial charge is 0.338 e. The van der Waals surface area contributed by atoms with E-state index in [0.717, 1.165) is 5.70 Å². The number of carbonyl (C=O) groups excluding carboxylic acids is 1. The van der Waals surface area contributed by atoms with Gasteiger partial charge in [-0.1, -0.05) is 50.1 Å². The number of nitrogens with zero attached hydrogens (tertiary/aromatic N) is 2. The molecule has 0 fully saturated rings. The van der Waals surface area contributed by atoms with Gasteiger partial charge in [-0.3, -0.25) is 4.79 Å². The van der Waals surface area contributed by atoms with Crippen LogP contribution in [-0.2, 0) is 4.79 Å². The maximum atomic E-state index is 12.4. The first kappa shape index (κ1) is 18.7. The van der Waals surface area contributed by atoms with Gasteiger partial charge >= 0.3 is 0 Å². The molecule has 1 amide bonds. The zero-order valence-electron chi connectivity index (χ0n) is 14.6. The summed E-state index contributed by atoms with van der Waals surface area (Å²) in [4.78, 5) is 21.1. The van der Waals surface area contributed by atoms with Crippen molar-refractivity contribution >= 4 is 23.4 Å². The Hall–Kier alpha value is -3.67. The lowest BCUT2D eigenvalue weighted by Gasteiger charge is -2.11. The van der Waals surface area contributed by atoms with E-state index in [1.165, 1.54) is 6.20 Å². The lowest BCUT2D eigenvalue weighted by molar-refractivity contribution is -0.112. The van der Waals surface area contributed by atoms with E-state index in [9.17, 15) is 4.79 Å². The number of fused-ring (bicyclic) bond motifs is 1. The second-order valence-corrected chi connectivity index (χ2v) is 5.14. The minimum Gasteiger partial charge on any atom is -0.338 e. The summed E-state index contributed by atoms with van der Waals surface area (Å²) in [6.45, 7) is 12.9. The average Bonchev–Trinajstić information content (AvgIpc) is 2.76. The molecule has 1 aromatic rings. The number of allylic oxidation sites excluding steroid dienone is 7. The maximum absolute atomic E-state index is 12.4. The normalized spacial score (nSPS) is 14.5. The van der Waals surface area contributed by atoms with E-state index in [1.807, 2.05) is 13.0 Å². The molecule has 1 aliphatic rings. The Balaban J connectivity index is 2.39. The topological polar surface area (TPSA) is 78.9 Å². The second-order valence-electron chi connectivity index (χ2n) is 5.14. The molecule has 0 unspecified atom stereocenters. The molecule has 0 spiro atoms. The van der Waals surface area contributed by atoms with E-state index in [1.54, 1.807) is 42.5 Å². The highest BCUT2D eigenvalue weighted by molar-refractivity contribution is 6.09. The molecule has 0 aliphatic carbocycles. The van der Waals surface area contributed by atoms with Crippen molar-refractivity contribution in [3.05, 3.63) is 91.5 Å². The molecule has 3 N–H and O–H groups in total. The maximum Gasteiger partial charge on any atom is 0.257 e. The van der Waals surface area contributed by atoms with Gasteiger partial charge in [-0.2, -0.15) is 4.98 Å². The van der Waals surface area contributed by atoms with Crippen LogP contribution in [0.5, 0.6) is 0 Å². The highest BCUT2D eigenvalue weighted by Crippen LogP contribution is 2.27. The number of anilines is 3. The molecular formula is C20H21N5O. The van der Waals surface area contributed by atoms with Crippen molar-refractivity contribution in [3.63, 3.8) is 0 Å². The highest BCUT2D eigenvalue weighted by Gasteiger charge is 2.20. The van der Waals surface area contributed by atoms with Gasteiger partial charge in [-0.25, -0.2) is 4.98 Å². The number of carbonyl (C=O) groups is 1. The first-order chi connectivity index (χ1) is 12.6. The molecule has 26 heavy (non-hydrogen) atoms. The lowest BCUT2D eigenvalue weighted by Crippen LogP contribution is -2.13. The van der Waals surface area contributed by atoms with Gasteiger partial charge in [0.05, 0.1) is 17.5 Å². The van der Waals surface area contributed by atoms with Gasteiger partial charge in [0.1, 0.15) is 5.69 Å². The Morgan fingerprint density at radius 1 is 1.23 bits per heavy atom. The fourth-order valence-electron chi connectivity index (χ4n) is 2.20. The van der Waals surface area contributed by atoms with E-state index < -0.39 is 0 Å². The SMILES string of the molecule is C=C/C=C\C(=C/C=C)Nc1ncc2c(n1)NC(C=C)=C(/C=C\C)C(=O)N2. The van der Waals surface area contributed by atoms with Crippen LogP contribution in [0.2, 0.25) is 0 Å². The summed E-state index contributed by atoms with van der Waals surface area (Å²) in [5.41, 5.74) is 2.26. The smallest absolute Gasteiger partial charge is 0.257 e. The van der Waals surface area contributed by atoms with E-state index in [4.69, 9.17) is 0 Å². The summed E-state index contributed by atoms with van der Waals surface area (Å²) in [6, 6.07) is 0. The van der Waals surface area contributed by atoms with Crippen molar-refractivity contribution in [3.8, 4) is 0 Å². The monoisotopic (exact) mass is 347 g/mol. The zero-order valence-corrected chi connectivity index (χ0v) is 14.6. The van der Waals surface area contributed by atoms with E-state index in [0.29, 0.717) is 28.7 Å². The van der Waals surface area contributed by atoms with Crippen LogP contribution in [0.3, 0.4) is 0 Å². The number of amides is 1. The third kappa shape index (κ3) is 4.45. The van der Waals surface area contributed by atoms with Crippen LogP contribution in [-0.4, -0.2) is 15.9 Å². The zero-order chi connectivity index (χ0) is 18.9. The number of hydrogen-bond acceptors (Lipinski definition) is 5. The molecule has 0 radical (unpaired) electrons. The number of rotatable bonds is 7. The van der Waals surface area contributed by atoms with Gasteiger partial charge in [0.15, 0.2) is 5.82 Å². The van der Waals surface area contributed by atoms with Gasteiger partial charge in [0, 0.05) is 5.70 Å². The molecule has 0 saturated heterocycles. The molecule has 0 aromatic carbocycles. The van der Waals surface area contributed by atoms with Crippen molar-refractivity contribution in [1.82, 2.24) is 9.97 Å². The van der Waals surface area contributed by atoms with Crippen LogP contribution in [0.15, 0.2) is 91.5 Å². The second kappa shape index (κ2) is 8.98. The molecule has 6 nitrogen and oxygen atoms in total. The average molecular weight is 347 g/mol. The number of hydrogen-bond donors (Lipinski definition) is 3. The van der Waals surface area contributed by atoms with Crippen LogP contribution in [0.25, 0.3) is 0 Å². The van der Waals surface area contributed by atoms with E-state index in [-0.39, 0.29) is 5.91 Å².